The molecule has 0 spiro atoms. The van der Waals surface area contributed by atoms with Crippen LogP contribution in [0.1, 0.15) is 28.8 Å². The van der Waals surface area contributed by atoms with Crippen molar-refractivity contribution in [2.24, 2.45) is 0 Å². The Morgan fingerprint density at radius 3 is 2.52 bits per heavy atom. The van der Waals surface area contributed by atoms with Gasteiger partial charge in [0.25, 0.3) is 5.91 Å². The zero-order valence-corrected chi connectivity index (χ0v) is 15.3. The average molecular weight is 369 g/mol. The fourth-order valence-corrected chi connectivity index (χ4v) is 3.23. The van der Waals surface area contributed by atoms with Crippen molar-refractivity contribution < 1.29 is 14.5 Å². The third-order valence-electron chi connectivity index (χ3n) is 4.76. The third-order valence-corrected chi connectivity index (χ3v) is 4.76. The second-order valence-electron chi connectivity index (χ2n) is 6.59. The van der Waals surface area contributed by atoms with Crippen LogP contribution in [0.15, 0.2) is 42.5 Å². The molecule has 27 heavy (non-hydrogen) atoms. The molecule has 2 aromatic rings. The molecule has 2 aromatic carbocycles. The lowest BCUT2D eigenvalue weighted by molar-refractivity contribution is -0.385. The molecule has 1 aliphatic heterocycles. The quantitative estimate of drug-likeness (QED) is 0.596. The summed E-state index contributed by atoms with van der Waals surface area (Å²) in [4.78, 5) is 25.4. The summed E-state index contributed by atoms with van der Waals surface area (Å²) in [6, 6.07) is 11.9. The molecule has 3 rings (SSSR count). The number of anilines is 1. The molecular formula is C20H23N3O4. The van der Waals surface area contributed by atoms with Gasteiger partial charge in [0.05, 0.1) is 12.0 Å². The number of methoxy groups -OCH3 is 1. The maximum Gasteiger partial charge on any atom is 0.311 e. The van der Waals surface area contributed by atoms with Crippen molar-refractivity contribution in [2.45, 2.75) is 19.3 Å². The Balaban J connectivity index is 1.62. The highest BCUT2D eigenvalue weighted by molar-refractivity contribution is 6.04. The normalized spacial score (nSPS) is 14.1. The number of nitrogens with one attached hydrogen (secondary N) is 1. The van der Waals surface area contributed by atoms with Crippen LogP contribution in [0, 0.1) is 10.1 Å². The van der Waals surface area contributed by atoms with Crippen LogP contribution in [0.25, 0.3) is 0 Å². The summed E-state index contributed by atoms with van der Waals surface area (Å²) in [5, 5.41) is 13.9. The van der Waals surface area contributed by atoms with E-state index in [1.807, 2.05) is 24.3 Å². The number of amides is 1. The minimum Gasteiger partial charge on any atom is -0.490 e. The van der Waals surface area contributed by atoms with Gasteiger partial charge in [-0.3, -0.25) is 14.9 Å². The van der Waals surface area contributed by atoms with Crippen LogP contribution in [0.5, 0.6) is 5.75 Å². The van der Waals surface area contributed by atoms with Crippen molar-refractivity contribution in [3.63, 3.8) is 0 Å². The molecule has 1 N–H and O–H groups in total. The van der Waals surface area contributed by atoms with Crippen molar-refractivity contribution >= 4 is 17.3 Å². The molecule has 0 unspecified atom stereocenters. The van der Waals surface area contributed by atoms with Gasteiger partial charge in [-0.05, 0) is 62.2 Å². The number of ether oxygens (including phenoxy) is 1. The number of nitrogens with zero attached hydrogens (tertiary/aromatic N) is 2. The van der Waals surface area contributed by atoms with E-state index in [2.05, 4.69) is 10.2 Å². The standard InChI is InChI=1S/C20H23N3O4/c1-27-19-9-6-16(14-18(19)23(25)26)20(24)21-17-7-4-15(5-8-17)10-13-22-11-2-3-12-22/h4-9,14H,2-3,10-13H2,1H3,(H,21,24). The zero-order chi connectivity index (χ0) is 19.2. The van der Waals surface area contributed by atoms with Gasteiger partial charge in [0.2, 0.25) is 0 Å². The zero-order valence-electron chi connectivity index (χ0n) is 15.3. The Bertz CT molecular complexity index is 814. The van der Waals surface area contributed by atoms with Crippen LogP contribution in [-0.2, 0) is 6.42 Å². The van der Waals surface area contributed by atoms with E-state index >= 15 is 0 Å². The van der Waals surface area contributed by atoms with Gasteiger partial charge in [0.1, 0.15) is 0 Å². The van der Waals surface area contributed by atoms with Gasteiger partial charge in [0, 0.05) is 23.9 Å². The molecule has 1 fully saturated rings. The molecule has 0 aromatic heterocycles. The largest absolute Gasteiger partial charge is 0.490 e. The Hall–Kier alpha value is -2.93. The van der Waals surface area contributed by atoms with Gasteiger partial charge >= 0.3 is 5.69 Å². The molecule has 7 nitrogen and oxygen atoms in total. The smallest absolute Gasteiger partial charge is 0.311 e. The molecule has 1 amide bonds. The summed E-state index contributed by atoms with van der Waals surface area (Å²) >= 11 is 0. The van der Waals surface area contributed by atoms with E-state index in [4.69, 9.17) is 4.74 Å². The molecule has 142 valence electrons. The van der Waals surface area contributed by atoms with Crippen molar-refractivity contribution in [1.29, 1.82) is 0 Å². The van der Waals surface area contributed by atoms with Crippen LogP contribution in [0.4, 0.5) is 11.4 Å². The molecule has 0 saturated carbocycles. The first-order valence-corrected chi connectivity index (χ1v) is 9.02. The van der Waals surface area contributed by atoms with Crippen LogP contribution in [0.2, 0.25) is 0 Å². The maximum absolute atomic E-state index is 12.4. The molecule has 0 atom stereocenters. The number of nitro groups is 1. The summed E-state index contributed by atoms with van der Waals surface area (Å²) in [6.07, 6.45) is 3.56. The molecule has 0 bridgehead atoms. The minimum atomic E-state index is -0.565. The summed E-state index contributed by atoms with van der Waals surface area (Å²) in [7, 11) is 1.35. The van der Waals surface area contributed by atoms with Crippen LogP contribution in [0.3, 0.4) is 0 Å². The highest BCUT2D eigenvalue weighted by Gasteiger charge is 2.18. The van der Waals surface area contributed by atoms with Gasteiger partial charge in [-0.15, -0.1) is 0 Å². The number of hydrogen-bond acceptors (Lipinski definition) is 5. The van der Waals surface area contributed by atoms with Crippen molar-refractivity contribution in [1.82, 2.24) is 4.90 Å². The van der Waals surface area contributed by atoms with Gasteiger partial charge in [-0.1, -0.05) is 12.1 Å². The monoisotopic (exact) mass is 369 g/mol. The van der Waals surface area contributed by atoms with Gasteiger partial charge in [-0.2, -0.15) is 0 Å². The van der Waals surface area contributed by atoms with Crippen LogP contribution < -0.4 is 10.1 Å². The Morgan fingerprint density at radius 2 is 1.89 bits per heavy atom. The minimum absolute atomic E-state index is 0.124. The van der Waals surface area contributed by atoms with E-state index < -0.39 is 10.8 Å². The Labute approximate surface area is 158 Å². The van der Waals surface area contributed by atoms with Crippen molar-refractivity contribution in [3.05, 3.63) is 63.7 Å². The topological polar surface area (TPSA) is 84.7 Å². The molecule has 0 aliphatic carbocycles. The van der Waals surface area contributed by atoms with E-state index in [0.717, 1.165) is 13.0 Å². The second kappa shape index (κ2) is 8.64. The maximum atomic E-state index is 12.4. The highest BCUT2D eigenvalue weighted by Crippen LogP contribution is 2.27. The number of rotatable bonds is 7. The molecule has 0 radical (unpaired) electrons. The lowest BCUT2D eigenvalue weighted by atomic mass is 10.1. The number of likely N-dealkylation sites (tertiary alicyclic amines) is 1. The predicted octanol–water partition coefficient (Wildman–Crippen LogP) is 3.49. The summed E-state index contributed by atoms with van der Waals surface area (Å²) in [5.41, 5.74) is 1.85. The Morgan fingerprint density at radius 1 is 1.19 bits per heavy atom. The lowest BCUT2D eigenvalue weighted by Crippen LogP contribution is -2.21. The van der Waals surface area contributed by atoms with E-state index in [0.29, 0.717) is 5.69 Å². The molecule has 7 heteroatoms. The lowest BCUT2D eigenvalue weighted by Gasteiger charge is -2.14. The third kappa shape index (κ3) is 4.83. The van der Waals surface area contributed by atoms with E-state index in [9.17, 15) is 14.9 Å². The fraction of sp³-hybridized carbons (Fsp3) is 0.350. The van der Waals surface area contributed by atoms with Crippen molar-refractivity contribution in [3.8, 4) is 5.75 Å². The first-order chi connectivity index (χ1) is 13.1. The number of carbonyl (C=O) groups is 1. The summed E-state index contributed by atoms with van der Waals surface area (Å²) in [5.74, 6) is -0.274. The number of benzene rings is 2. The fourth-order valence-electron chi connectivity index (χ4n) is 3.23. The van der Waals surface area contributed by atoms with Gasteiger partial charge in [0.15, 0.2) is 5.75 Å². The second-order valence-corrected chi connectivity index (χ2v) is 6.59. The van der Waals surface area contributed by atoms with Gasteiger partial charge in [-0.25, -0.2) is 0 Å². The summed E-state index contributed by atoms with van der Waals surface area (Å²) in [6.45, 7) is 3.42. The number of carbonyl (C=O) groups excluding carboxylic acids is 1. The van der Waals surface area contributed by atoms with E-state index in [1.165, 1.54) is 56.8 Å². The highest BCUT2D eigenvalue weighted by atomic mass is 16.6. The van der Waals surface area contributed by atoms with Gasteiger partial charge < -0.3 is 15.0 Å². The van der Waals surface area contributed by atoms with E-state index in [-0.39, 0.29) is 17.0 Å². The van der Waals surface area contributed by atoms with E-state index in [1.54, 1.807) is 0 Å². The average Bonchev–Trinajstić information content (AvgIpc) is 3.20. The Kier molecular flexibility index (Phi) is 6.03. The first-order valence-electron chi connectivity index (χ1n) is 9.02. The number of nitro benzene ring substituents is 1. The van der Waals surface area contributed by atoms with Crippen LogP contribution >= 0.6 is 0 Å². The first kappa shape index (κ1) is 18.8. The SMILES string of the molecule is COc1ccc(C(=O)Nc2ccc(CCN3CCCC3)cc2)cc1[N+](=O)[O-]. The van der Waals surface area contributed by atoms with Crippen LogP contribution in [-0.4, -0.2) is 42.5 Å². The number of hydrogen-bond donors (Lipinski definition) is 1. The molecule has 1 heterocycles. The van der Waals surface area contributed by atoms with Crippen molar-refractivity contribution in [2.75, 3.05) is 32.1 Å². The molecular weight excluding hydrogens is 346 g/mol. The molecule has 1 saturated heterocycles. The predicted molar refractivity (Wildman–Crippen MR) is 103 cm³/mol. The summed E-state index contributed by atoms with van der Waals surface area (Å²) < 4.78 is 4.96. The molecule has 1 aliphatic rings.